The van der Waals surface area contributed by atoms with Gasteiger partial charge in [0.25, 0.3) is 5.91 Å². The van der Waals surface area contributed by atoms with E-state index in [9.17, 15) is 14.7 Å². The van der Waals surface area contributed by atoms with Gasteiger partial charge >= 0.3 is 5.97 Å². The number of rotatable bonds is 2. The molecule has 0 spiro atoms. The molecule has 0 radical (unpaired) electrons. The Hall–Kier alpha value is -2.33. The van der Waals surface area contributed by atoms with Gasteiger partial charge in [0.05, 0.1) is 6.04 Å². The minimum Gasteiger partial charge on any atom is -0.481 e. The summed E-state index contributed by atoms with van der Waals surface area (Å²) in [4.78, 5) is 25.9. The summed E-state index contributed by atoms with van der Waals surface area (Å²) in [7, 11) is 1.63. The fraction of sp³-hybridized carbons (Fsp3) is 0.176. The van der Waals surface area contributed by atoms with Crippen LogP contribution in [0.15, 0.2) is 48.5 Å². The van der Waals surface area contributed by atoms with Crippen molar-refractivity contribution in [2.24, 2.45) is 0 Å². The highest BCUT2D eigenvalue weighted by Gasteiger charge is 2.42. The number of amides is 1. The molecule has 2 atom stereocenters. The normalized spacial score (nSPS) is 20.6. The molecular formula is C17H14ClNO3. The van der Waals surface area contributed by atoms with E-state index in [4.69, 9.17) is 11.6 Å². The lowest BCUT2D eigenvalue weighted by molar-refractivity contribution is -0.140. The number of likely N-dealkylation sites (N-methyl/N-ethyl adjacent to an activating group) is 1. The number of carbonyl (C=O) groups is 2. The number of hydrogen-bond donors (Lipinski definition) is 1. The SMILES string of the molecule is CN1C(=O)c2ccccc2[C@@H](C(=O)O)[C@@H]1c1ccc(Cl)cc1. The lowest BCUT2D eigenvalue weighted by Gasteiger charge is -2.38. The number of carbonyl (C=O) groups excluding carboxylic acids is 1. The van der Waals surface area contributed by atoms with Gasteiger partial charge in [-0.2, -0.15) is 0 Å². The summed E-state index contributed by atoms with van der Waals surface area (Å²) >= 11 is 5.90. The molecule has 112 valence electrons. The van der Waals surface area contributed by atoms with Gasteiger partial charge in [0, 0.05) is 17.6 Å². The molecule has 1 heterocycles. The number of aliphatic carboxylic acids is 1. The lowest BCUT2D eigenvalue weighted by atomic mass is 9.80. The zero-order chi connectivity index (χ0) is 15.9. The van der Waals surface area contributed by atoms with E-state index in [-0.39, 0.29) is 5.91 Å². The highest BCUT2D eigenvalue weighted by atomic mass is 35.5. The Morgan fingerprint density at radius 3 is 2.41 bits per heavy atom. The molecule has 1 N–H and O–H groups in total. The quantitative estimate of drug-likeness (QED) is 0.924. The van der Waals surface area contributed by atoms with E-state index < -0.39 is 17.9 Å². The molecule has 0 aromatic heterocycles. The van der Waals surface area contributed by atoms with Crippen LogP contribution in [0.25, 0.3) is 0 Å². The highest BCUT2D eigenvalue weighted by Crippen LogP contribution is 2.42. The Morgan fingerprint density at radius 2 is 1.77 bits per heavy atom. The smallest absolute Gasteiger partial charge is 0.313 e. The Bertz CT molecular complexity index is 742. The van der Waals surface area contributed by atoms with E-state index in [1.165, 1.54) is 4.90 Å². The van der Waals surface area contributed by atoms with Gasteiger partial charge in [-0.05, 0) is 29.3 Å². The molecule has 0 saturated carbocycles. The second kappa shape index (κ2) is 5.46. The molecule has 0 unspecified atom stereocenters. The molecule has 22 heavy (non-hydrogen) atoms. The zero-order valence-electron chi connectivity index (χ0n) is 11.9. The first-order chi connectivity index (χ1) is 10.5. The number of fused-ring (bicyclic) bond motifs is 1. The molecular weight excluding hydrogens is 302 g/mol. The predicted octanol–water partition coefficient (Wildman–Crippen LogP) is 3.34. The molecule has 2 aromatic rings. The average molecular weight is 316 g/mol. The van der Waals surface area contributed by atoms with E-state index in [0.29, 0.717) is 16.1 Å². The first kappa shape index (κ1) is 14.6. The van der Waals surface area contributed by atoms with Crippen molar-refractivity contribution in [1.82, 2.24) is 4.90 Å². The van der Waals surface area contributed by atoms with Crippen LogP contribution in [-0.2, 0) is 4.79 Å². The molecule has 1 amide bonds. The number of nitrogens with zero attached hydrogens (tertiary/aromatic N) is 1. The third kappa shape index (κ3) is 2.25. The van der Waals surface area contributed by atoms with Crippen molar-refractivity contribution in [2.45, 2.75) is 12.0 Å². The molecule has 5 heteroatoms. The van der Waals surface area contributed by atoms with Gasteiger partial charge in [0.2, 0.25) is 0 Å². The second-order valence-electron chi connectivity index (χ2n) is 5.32. The topological polar surface area (TPSA) is 57.6 Å². The summed E-state index contributed by atoms with van der Waals surface area (Å²) in [5, 5.41) is 10.3. The molecule has 1 aliphatic rings. The monoisotopic (exact) mass is 315 g/mol. The van der Waals surface area contributed by atoms with Crippen molar-refractivity contribution in [2.75, 3.05) is 7.05 Å². The van der Waals surface area contributed by atoms with Crippen molar-refractivity contribution in [3.63, 3.8) is 0 Å². The summed E-state index contributed by atoms with van der Waals surface area (Å²) in [6.45, 7) is 0. The van der Waals surface area contributed by atoms with Gasteiger partial charge in [-0.15, -0.1) is 0 Å². The zero-order valence-corrected chi connectivity index (χ0v) is 12.6. The summed E-state index contributed by atoms with van der Waals surface area (Å²) < 4.78 is 0. The Labute approximate surface area is 132 Å². The van der Waals surface area contributed by atoms with Crippen molar-refractivity contribution < 1.29 is 14.7 Å². The van der Waals surface area contributed by atoms with Gasteiger partial charge in [-0.1, -0.05) is 41.9 Å². The summed E-state index contributed by atoms with van der Waals surface area (Å²) in [5.41, 5.74) is 1.75. The minimum atomic E-state index is -0.952. The van der Waals surface area contributed by atoms with Gasteiger partial charge in [0.1, 0.15) is 5.92 Å². The second-order valence-corrected chi connectivity index (χ2v) is 5.75. The first-order valence-corrected chi connectivity index (χ1v) is 7.23. The largest absolute Gasteiger partial charge is 0.481 e. The van der Waals surface area contributed by atoms with Crippen LogP contribution in [0.5, 0.6) is 0 Å². The number of carboxylic acids is 1. The third-order valence-corrected chi connectivity index (χ3v) is 4.31. The fourth-order valence-electron chi connectivity index (χ4n) is 3.02. The summed E-state index contributed by atoms with van der Waals surface area (Å²) in [6, 6.07) is 13.3. The Morgan fingerprint density at radius 1 is 1.14 bits per heavy atom. The fourth-order valence-corrected chi connectivity index (χ4v) is 3.14. The van der Waals surface area contributed by atoms with E-state index in [1.807, 2.05) is 0 Å². The maximum Gasteiger partial charge on any atom is 0.313 e. The molecule has 2 aromatic carbocycles. The predicted molar refractivity (Wildman–Crippen MR) is 83.1 cm³/mol. The highest BCUT2D eigenvalue weighted by molar-refractivity contribution is 6.30. The maximum atomic E-state index is 12.5. The molecule has 0 aliphatic carbocycles. The van der Waals surface area contributed by atoms with Crippen molar-refractivity contribution >= 4 is 23.5 Å². The van der Waals surface area contributed by atoms with Gasteiger partial charge in [0.15, 0.2) is 0 Å². The molecule has 0 saturated heterocycles. The minimum absolute atomic E-state index is 0.173. The Balaban J connectivity index is 2.18. The third-order valence-electron chi connectivity index (χ3n) is 4.06. The van der Waals surface area contributed by atoms with Gasteiger partial charge in [-0.25, -0.2) is 0 Å². The molecule has 3 rings (SSSR count). The molecule has 4 nitrogen and oxygen atoms in total. The number of carboxylic acid groups (broad SMARTS) is 1. The van der Waals surface area contributed by atoms with Crippen molar-refractivity contribution in [1.29, 1.82) is 0 Å². The van der Waals surface area contributed by atoms with Crippen LogP contribution in [0.3, 0.4) is 0 Å². The molecule has 1 aliphatic heterocycles. The van der Waals surface area contributed by atoms with Crippen molar-refractivity contribution in [3.8, 4) is 0 Å². The van der Waals surface area contributed by atoms with Crippen LogP contribution in [0.2, 0.25) is 5.02 Å². The number of benzene rings is 2. The Kier molecular flexibility index (Phi) is 3.62. The van der Waals surface area contributed by atoms with Crippen LogP contribution in [0.4, 0.5) is 0 Å². The van der Waals surface area contributed by atoms with E-state index in [1.54, 1.807) is 55.6 Å². The average Bonchev–Trinajstić information content (AvgIpc) is 2.51. The number of hydrogen-bond acceptors (Lipinski definition) is 2. The van der Waals surface area contributed by atoms with Crippen LogP contribution in [-0.4, -0.2) is 28.9 Å². The van der Waals surface area contributed by atoms with Crippen LogP contribution in [0.1, 0.15) is 33.4 Å². The molecule has 0 fully saturated rings. The van der Waals surface area contributed by atoms with Crippen LogP contribution < -0.4 is 0 Å². The van der Waals surface area contributed by atoms with Gasteiger partial charge < -0.3 is 10.0 Å². The van der Waals surface area contributed by atoms with E-state index in [0.717, 1.165) is 5.56 Å². The molecule has 0 bridgehead atoms. The summed E-state index contributed by atoms with van der Waals surface area (Å²) in [6.07, 6.45) is 0. The van der Waals surface area contributed by atoms with Crippen molar-refractivity contribution in [3.05, 3.63) is 70.2 Å². The standard InChI is InChI=1S/C17H14ClNO3/c1-19-15(10-6-8-11(18)9-7-10)14(17(21)22)12-4-2-3-5-13(12)16(19)20/h2-9,14-15H,1H3,(H,21,22)/t14-,15+/m1/s1. The van der Waals surface area contributed by atoms with E-state index >= 15 is 0 Å². The first-order valence-electron chi connectivity index (χ1n) is 6.85. The lowest BCUT2D eigenvalue weighted by Crippen LogP contribution is -2.42. The van der Waals surface area contributed by atoms with E-state index in [2.05, 4.69) is 0 Å². The maximum absolute atomic E-state index is 12.5. The summed E-state index contributed by atoms with van der Waals surface area (Å²) in [5.74, 6) is -1.93. The van der Waals surface area contributed by atoms with Crippen LogP contribution in [0, 0.1) is 0 Å². The number of halogens is 1. The van der Waals surface area contributed by atoms with Gasteiger partial charge in [-0.3, -0.25) is 9.59 Å². The van der Waals surface area contributed by atoms with Crippen LogP contribution >= 0.6 is 11.6 Å².